The lowest BCUT2D eigenvalue weighted by atomic mass is 9.92. The van der Waals surface area contributed by atoms with Gasteiger partial charge in [0.15, 0.2) is 0 Å². The molecule has 0 saturated carbocycles. The lowest BCUT2D eigenvalue weighted by Gasteiger charge is -2.34. The molecule has 0 atom stereocenters. The lowest BCUT2D eigenvalue weighted by Crippen LogP contribution is -2.38. The molecule has 2 nitrogen and oxygen atoms in total. The van der Waals surface area contributed by atoms with Gasteiger partial charge in [0.25, 0.3) is 0 Å². The third-order valence-corrected chi connectivity index (χ3v) is 3.34. The molecule has 0 bridgehead atoms. The molecule has 0 aliphatic carbocycles. The third-order valence-electron chi connectivity index (χ3n) is 3.34. The van der Waals surface area contributed by atoms with Gasteiger partial charge in [0.2, 0.25) is 0 Å². The van der Waals surface area contributed by atoms with Crippen LogP contribution in [-0.2, 0) is 4.74 Å². The third kappa shape index (κ3) is 6.49. The van der Waals surface area contributed by atoms with Crippen molar-refractivity contribution < 1.29 is 4.74 Å². The molecular weight excluding hydrogens is 198 g/mol. The van der Waals surface area contributed by atoms with Crippen molar-refractivity contribution in [1.29, 1.82) is 0 Å². The van der Waals surface area contributed by atoms with Crippen molar-refractivity contribution in [2.45, 2.75) is 59.4 Å². The average Bonchev–Trinajstić information content (AvgIpc) is 2.33. The number of ether oxygens (including phenoxy) is 1. The average molecular weight is 229 g/mol. The summed E-state index contributed by atoms with van der Waals surface area (Å²) in [6.45, 7) is 12.1. The van der Waals surface area contributed by atoms with E-state index in [2.05, 4.69) is 18.7 Å². The van der Waals surface area contributed by atoms with Crippen molar-refractivity contribution in [2.24, 2.45) is 5.92 Å². The Hall–Kier alpha value is -0.0800. The van der Waals surface area contributed by atoms with Gasteiger partial charge in [-0.3, -0.25) is 0 Å². The van der Waals surface area contributed by atoms with E-state index in [1.54, 1.807) is 7.11 Å². The molecule has 0 N–H and O–H groups in total. The van der Waals surface area contributed by atoms with Gasteiger partial charge in [-0.25, -0.2) is 0 Å². The van der Waals surface area contributed by atoms with Crippen molar-refractivity contribution in [1.82, 2.24) is 4.90 Å². The molecule has 1 saturated heterocycles. The van der Waals surface area contributed by atoms with Gasteiger partial charge in [0.1, 0.15) is 0 Å². The van der Waals surface area contributed by atoms with Gasteiger partial charge in [-0.15, -0.1) is 0 Å². The van der Waals surface area contributed by atoms with Crippen molar-refractivity contribution in [2.75, 3.05) is 26.8 Å². The van der Waals surface area contributed by atoms with E-state index in [0.717, 1.165) is 18.6 Å². The minimum Gasteiger partial charge on any atom is -0.385 e. The van der Waals surface area contributed by atoms with E-state index in [1.807, 2.05) is 13.8 Å². The van der Waals surface area contributed by atoms with Crippen LogP contribution in [0.1, 0.15) is 53.4 Å². The van der Waals surface area contributed by atoms with Crippen LogP contribution in [0, 0.1) is 5.92 Å². The van der Waals surface area contributed by atoms with Crippen molar-refractivity contribution in [3.63, 3.8) is 0 Å². The van der Waals surface area contributed by atoms with Crippen molar-refractivity contribution in [3.8, 4) is 0 Å². The van der Waals surface area contributed by atoms with Crippen LogP contribution in [-0.4, -0.2) is 37.7 Å². The van der Waals surface area contributed by atoms with Crippen LogP contribution >= 0.6 is 0 Å². The van der Waals surface area contributed by atoms with Crippen LogP contribution in [0.2, 0.25) is 0 Å². The van der Waals surface area contributed by atoms with Crippen LogP contribution in [0.5, 0.6) is 0 Å². The smallest absolute Gasteiger partial charge is 0.0462 e. The van der Waals surface area contributed by atoms with Crippen LogP contribution in [0.3, 0.4) is 0 Å². The van der Waals surface area contributed by atoms with Crippen LogP contribution in [0.25, 0.3) is 0 Å². The Bertz CT molecular complexity index is 140. The zero-order valence-electron chi connectivity index (χ0n) is 12.0. The molecule has 0 aromatic heterocycles. The summed E-state index contributed by atoms with van der Waals surface area (Å²) in [6.07, 6.45) is 5.38. The molecule has 1 heterocycles. The number of hydrogen-bond donors (Lipinski definition) is 0. The van der Waals surface area contributed by atoms with Crippen LogP contribution in [0.15, 0.2) is 0 Å². The second-order valence-electron chi connectivity index (χ2n) is 4.71. The molecule has 98 valence electrons. The fraction of sp³-hybridized carbons (Fsp3) is 1.00. The second-order valence-corrected chi connectivity index (χ2v) is 4.71. The van der Waals surface area contributed by atoms with E-state index < -0.39 is 0 Å². The molecule has 0 unspecified atom stereocenters. The normalized spacial score (nSPS) is 18.4. The van der Waals surface area contributed by atoms with Crippen LogP contribution in [0.4, 0.5) is 0 Å². The van der Waals surface area contributed by atoms with Gasteiger partial charge in [0.05, 0.1) is 0 Å². The highest BCUT2D eigenvalue weighted by atomic mass is 16.5. The number of rotatable bonds is 5. The quantitative estimate of drug-likeness (QED) is 0.668. The Kier molecular flexibility index (Phi) is 10.0. The standard InChI is InChI=1S/C12H25NO.C2H6/c1-11(2)13-8-6-12(7-9-13)5-4-10-14-3;1-2/h11-12H,4-10H2,1-3H3;1-2H3. The Balaban J connectivity index is 0.00000106. The zero-order valence-corrected chi connectivity index (χ0v) is 12.0. The number of methoxy groups -OCH3 is 1. The Morgan fingerprint density at radius 1 is 1.19 bits per heavy atom. The molecule has 1 rings (SSSR count). The summed E-state index contributed by atoms with van der Waals surface area (Å²) in [5.41, 5.74) is 0. The first-order valence-electron chi connectivity index (χ1n) is 6.97. The molecule has 0 spiro atoms. The van der Waals surface area contributed by atoms with E-state index in [1.165, 1.54) is 38.8 Å². The lowest BCUT2D eigenvalue weighted by molar-refractivity contribution is 0.134. The highest BCUT2D eigenvalue weighted by Gasteiger charge is 2.19. The van der Waals surface area contributed by atoms with E-state index in [0.29, 0.717) is 0 Å². The summed E-state index contributed by atoms with van der Waals surface area (Å²) in [5, 5.41) is 0. The van der Waals surface area contributed by atoms with E-state index in [4.69, 9.17) is 4.74 Å². The zero-order chi connectivity index (χ0) is 12.4. The first-order chi connectivity index (χ1) is 7.74. The maximum atomic E-state index is 5.08. The summed E-state index contributed by atoms with van der Waals surface area (Å²) in [7, 11) is 1.79. The second kappa shape index (κ2) is 10.1. The first-order valence-corrected chi connectivity index (χ1v) is 6.97. The molecule has 0 radical (unpaired) electrons. The Morgan fingerprint density at radius 3 is 2.19 bits per heavy atom. The van der Waals surface area contributed by atoms with Crippen molar-refractivity contribution >= 4 is 0 Å². The molecule has 1 aliphatic rings. The van der Waals surface area contributed by atoms with Gasteiger partial charge >= 0.3 is 0 Å². The summed E-state index contributed by atoms with van der Waals surface area (Å²) >= 11 is 0. The predicted octanol–water partition coefficient (Wildman–Crippen LogP) is 3.56. The SMILES string of the molecule is CC.COCCCC1CCN(C(C)C)CC1. The molecule has 0 amide bonds. The maximum Gasteiger partial charge on any atom is 0.0462 e. The van der Waals surface area contributed by atoms with Gasteiger partial charge in [-0.2, -0.15) is 0 Å². The van der Waals surface area contributed by atoms with Gasteiger partial charge in [-0.1, -0.05) is 13.8 Å². The topological polar surface area (TPSA) is 12.5 Å². The predicted molar refractivity (Wildman–Crippen MR) is 71.9 cm³/mol. The number of nitrogens with zero attached hydrogens (tertiary/aromatic N) is 1. The molecule has 0 aromatic carbocycles. The number of likely N-dealkylation sites (tertiary alicyclic amines) is 1. The summed E-state index contributed by atoms with van der Waals surface area (Å²) in [6, 6.07) is 0.731. The van der Waals surface area contributed by atoms with Crippen LogP contribution < -0.4 is 0 Å². The highest BCUT2D eigenvalue weighted by molar-refractivity contribution is 4.74. The molecular formula is C14H31NO. The van der Waals surface area contributed by atoms with Crippen molar-refractivity contribution in [3.05, 3.63) is 0 Å². The fourth-order valence-corrected chi connectivity index (χ4v) is 2.27. The van der Waals surface area contributed by atoms with E-state index in [-0.39, 0.29) is 0 Å². The minimum absolute atomic E-state index is 0.731. The first kappa shape index (κ1) is 15.9. The maximum absolute atomic E-state index is 5.08. The highest BCUT2D eigenvalue weighted by Crippen LogP contribution is 2.22. The largest absolute Gasteiger partial charge is 0.385 e. The minimum atomic E-state index is 0.731. The summed E-state index contributed by atoms with van der Waals surface area (Å²) in [5.74, 6) is 0.958. The monoisotopic (exact) mass is 229 g/mol. The van der Waals surface area contributed by atoms with Gasteiger partial charge in [-0.05, 0) is 58.5 Å². The summed E-state index contributed by atoms with van der Waals surface area (Å²) < 4.78 is 5.08. The fourth-order valence-electron chi connectivity index (χ4n) is 2.27. The van der Waals surface area contributed by atoms with E-state index >= 15 is 0 Å². The molecule has 16 heavy (non-hydrogen) atoms. The Morgan fingerprint density at radius 2 is 1.75 bits per heavy atom. The number of hydrogen-bond acceptors (Lipinski definition) is 2. The Labute approximate surface area is 102 Å². The molecule has 1 fully saturated rings. The molecule has 0 aromatic rings. The van der Waals surface area contributed by atoms with Gasteiger partial charge in [0, 0.05) is 19.8 Å². The van der Waals surface area contributed by atoms with E-state index in [9.17, 15) is 0 Å². The summed E-state index contributed by atoms with van der Waals surface area (Å²) in [4.78, 5) is 2.59. The molecule has 1 aliphatic heterocycles. The van der Waals surface area contributed by atoms with Gasteiger partial charge < -0.3 is 9.64 Å². The molecule has 2 heteroatoms. The number of piperidine rings is 1.